The van der Waals surface area contributed by atoms with Crippen molar-refractivity contribution in [2.24, 2.45) is 0 Å². The highest BCUT2D eigenvalue weighted by molar-refractivity contribution is 7.15. The molecule has 102 valence electrons. The molecule has 3 rings (SSSR count). The first-order valence-corrected chi connectivity index (χ1v) is 8.42. The third-order valence-corrected chi connectivity index (χ3v) is 5.33. The lowest BCUT2D eigenvalue weighted by Gasteiger charge is -2.14. The molecule has 0 aromatic carbocycles. The van der Waals surface area contributed by atoms with E-state index in [0.29, 0.717) is 0 Å². The number of aromatic nitrogens is 1. The third kappa shape index (κ3) is 3.78. The Morgan fingerprint density at radius 3 is 3.05 bits per heavy atom. The molecule has 0 amide bonds. The smallest absolute Gasteiger partial charge is 0.185 e. The quantitative estimate of drug-likeness (QED) is 0.850. The lowest BCUT2D eigenvalue weighted by molar-refractivity contribution is 0.694. The Morgan fingerprint density at radius 2 is 2.32 bits per heavy atom. The predicted octanol–water partition coefficient (Wildman–Crippen LogP) is 3.14. The minimum Gasteiger partial charge on any atom is -0.351 e. The molecule has 1 saturated carbocycles. The molecule has 0 unspecified atom stereocenters. The van der Waals surface area contributed by atoms with Crippen LogP contribution in [-0.4, -0.2) is 24.6 Å². The zero-order chi connectivity index (χ0) is 13.1. The molecular formula is C14H19N3S2. The Bertz CT molecular complexity index is 503. The summed E-state index contributed by atoms with van der Waals surface area (Å²) in [5.74, 6) is 0. The fourth-order valence-corrected chi connectivity index (χ4v) is 3.46. The first-order chi connectivity index (χ1) is 9.31. The highest BCUT2D eigenvalue weighted by Gasteiger charge is 2.20. The second kappa shape index (κ2) is 6.03. The molecule has 3 nitrogen and oxygen atoms in total. The van der Waals surface area contributed by atoms with Gasteiger partial charge in [0.25, 0.3) is 0 Å². The van der Waals surface area contributed by atoms with Gasteiger partial charge in [-0.3, -0.25) is 0 Å². The molecule has 0 atom stereocenters. The molecule has 0 radical (unpaired) electrons. The summed E-state index contributed by atoms with van der Waals surface area (Å²) in [6, 6.07) is 5.08. The minimum absolute atomic E-state index is 0.766. The summed E-state index contributed by atoms with van der Waals surface area (Å²) < 4.78 is 0. The van der Waals surface area contributed by atoms with Gasteiger partial charge in [0.2, 0.25) is 0 Å². The van der Waals surface area contributed by atoms with Crippen LogP contribution in [0.1, 0.15) is 22.6 Å². The monoisotopic (exact) mass is 293 g/mol. The Morgan fingerprint density at radius 1 is 1.42 bits per heavy atom. The van der Waals surface area contributed by atoms with E-state index in [-0.39, 0.29) is 0 Å². The summed E-state index contributed by atoms with van der Waals surface area (Å²) in [5.41, 5.74) is 0. The maximum atomic E-state index is 4.52. The number of rotatable bonds is 7. The molecule has 0 spiro atoms. The molecule has 2 aromatic rings. The Balaban J connectivity index is 1.49. The highest BCUT2D eigenvalue weighted by atomic mass is 32.1. The zero-order valence-corrected chi connectivity index (χ0v) is 12.8. The summed E-state index contributed by atoms with van der Waals surface area (Å²) in [6.07, 6.45) is 5.79. The second-order valence-corrected chi connectivity index (χ2v) is 7.14. The summed E-state index contributed by atoms with van der Waals surface area (Å²) in [6.45, 7) is 2.00. The minimum atomic E-state index is 0.766. The van der Waals surface area contributed by atoms with Gasteiger partial charge in [0.05, 0.1) is 0 Å². The van der Waals surface area contributed by atoms with Crippen LogP contribution in [0.15, 0.2) is 23.7 Å². The van der Waals surface area contributed by atoms with Gasteiger partial charge in [-0.2, -0.15) is 0 Å². The topological polar surface area (TPSA) is 28.2 Å². The molecule has 2 aromatic heterocycles. The Hall–Kier alpha value is -0.910. The number of anilines is 1. The maximum Gasteiger partial charge on any atom is 0.185 e. The average molecular weight is 293 g/mol. The van der Waals surface area contributed by atoms with Crippen LogP contribution in [0.4, 0.5) is 5.13 Å². The third-order valence-electron chi connectivity index (χ3n) is 3.28. The molecular weight excluding hydrogens is 274 g/mol. The molecule has 1 aliphatic rings. The van der Waals surface area contributed by atoms with Crippen molar-refractivity contribution < 1.29 is 0 Å². The molecule has 1 fully saturated rings. The Labute approximate surface area is 122 Å². The van der Waals surface area contributed by atoms with E-state index in [9.17, 15) is 0 Å². The SMILES string of the molecule is CN(CCc1cccs1)c1ncc(CNC2CC2)s1. The molecule has 0 aliphatic heterocycles. The number of hydrogen-bond acceptors (Lipinski definition) is 5. The maximum absolute atomic E-state index is 4.52. The summed E-state index contributed by atoms with van der Waals surface area (Å²) in [7, 11) is 2.13. The lowest BCUT2D eigenvalue weighted by atomic mass is 10.3. The van der Waals surface area contributed by atoms with Crippen LogP contribution in [0.5, 0.6) is 0 Å². The van der Waals surface area contributed by atoms with E-state index in [2.05, 4.69) is 39.8 Å². The molecule has 1 N–H and O–H groups in total. The largest absolute Gasteiger partial charge is 0.351 e. The van der Waals surface area contributed by atoms with E-state index in [0.717, 1.165) is 30.7 Å². The molecule has 19 heavy (non-hydrogen) atoms. The van der Waals surface area contributed by atoms with E-state index < -0.39 is 0 Å². The first-order valence-electron chi connectivity index (χ1n) is 6.73. The zero-order valence-electron chi connectivity index (χ0n) is 11.1. The van der Waals surface area contributed by atoms with Gasteiger partial charge in [-0.1, -0.05) is 6.07 Å². The van der Waals surface area contributed by atoms with Crippen molar-refractivity contribution in [1.82, 2.24) is 10.3 Å². The molecule has 2 heterocycles. The highest BCUT2D eigenvalue weighted by Crippen LogP contribution is 2.24. The average Bonchev–Trinajstić information content (AvgIpc) is 2.94. The fourth-order valence-electron chi connectivity index (χ4n) is 1.92. The van der Waals surface area contributed by atoms with E-state index in [4.69, 9.17) is 0 Å². The van der Waals surface area contributed by atoms with Crippen molar-refractivity contribution in [2.45, 2.75) is 31.8 Å². The molecule has 5 heteroatoms. The second-order valence-electron chi connectivity index (χ2n) is 5.02. The molecule has 0 bridgehead atoms. The summed E-state index contributed by atoms with van der Waals surface area (Å²) in [4.78, 5) is 9.56. The van der Waals surface area contributed by atoms with Crippen LogP contribution < -0.4 is 10.2 Å². The van der Waals surface area contributed by atoms with Crippen molar-refractivity contribution in [3.05, 3.63) is 33.5 Å². The standard InChI is InChI=1S/C14H19N3S2/c1-17(7-6-12-3-2-8-18-12)14-16-10-13(19-14)9-15-11-4-5-11/h2-3,8,10-11,15H,4-7,9H2,1H3. The van der Waals surface area contributed by atoms with Gasteiger partial charge in [-0.25, -0.2) is 4.98 Å². The van der Waals surface area contributed by atoms with Crippen molar-refractivity contribution in [2.75, 3.05) is 18.5 Å². The van der Waals surface area contributed by atoms with E-state index in [1.54, 1.807) is 11.3 Å². The number of thiazole rings is 1. The van der Waals surface area contributed by atoms with E-state index in [1.807, 2.05) is 17.5 Å². The van der Waals surface area contributed by atoms with Crippen molar-refractivity contribution in [3.8, 4) is 0 Å². The van der Waals surface area contributed by atoms with Gasteiger partial charge in [-0.05, 0) is 30.7 Å². The van der Waals surface area contributed by atoms with Gasteiger partial charge in [0, 0.05) is 42.1 Å². The van der Waals surface area contributed by atoms with Crippen LogP contribution >= 0.6 is 22.7 Å². The number of thiophene rings is 1. The van der Waals surface area contributed by atoms with Crippen LogP contribution in [0.3, 0.4) is 0 Å². The van der Waals surface area contributed by atoms with Crippen molar-refractivity contribution >= 4 is 27.8 Å². The van der Waals surface area contributed by atoms with Crippen LogP contribution in [-0.2, 0) is 13.0 Å². The van der Waals surface area contributed by atoms with Crippen LogP contribution in [0, 0.1) is 0 Å². The van der Waals surface area contributed by atoms with Gasteiger partial charge >= 0.3 is 0 Å². The van der Waals surface area contributed by atoms with Gasteiger partial charge in [-0.15, -0.1) is 22.7 Å². The Kier molecular flexibility index (Phi) is 4.15. The normalized spacial score (nSPS) is 14.8. The van der Waals surface area contributed by atoms with Gasteiger partial charge in [0.1, 0.15) is 0 Å². The van der Waals surface area contributed by atoms with Crippen molar-refractivity contribution in [3.63, 3.8) is 0 Å². The van der Waals surface area contributed by atoms with Crippen LogP contribution in [0.25, 0.3) is 0 Å². The van der Waals surface area contributed by atoms with Crippen LogP contribution in [0.2, 0.25) is 0 Å². The number of hydrogen-bond donors (Lipinski definition) is 1. The first kappa shape index (κ1) is 13.1. The number of likely N-dealkylation sites (N-methyl/N-ethyl adjacent to an activating group) is 1. The molecule has 0 saturated heterocycles. The number of nitrogens with zero attached hydrogens (tertiary/aromatic N) is 2. The number of nitrogens with one attached hydrogen (secondary N) is 1. The fraction of sp³-hybridized carbons (Fsp3) is 0.500. The summed E-state index contributed by atoms with van der Waals surface area (Å²) in [5, 5.41) is 6.80. The van der Waals surface area contributed by atoms with E-state index >= 15 is 0 Å². The molecule has 1 aliphatic carbocycles. The lowest BCUT2D eigenvalue weighted by Crippen LogP contribution is -2.19. The summed E-state index contributed by atoms with van der Waals surface area (Å²) >= 11 is 3.63. The van der Waals surface area contributed by atoms with Crippen molar-refractivity contribution in [1.29, 1.82) is 0 Å². The van der Waals surface area contributed by atoms with Gasteiger partial charge in [0.15, 0.2) is 5.13 Å². The van der Waals surface area contributed by atoms with Gasteiger partial charge < -0.3 is 10.2 Å². The predicted molar refractivity (Wildman–Crippen MR) is 83.3 cm³/mol. The van der Waals surface area contributed by atoms with E-state index in [1.165, 1.54) is 22.6 Å².